The van der Waals surface area contributed by atoms with Crippen LogP contribution in [0.25, 0.3) is 6.08 Å². The van der Waals surface area contributed by atoms with Crippen molar-refractivity contribution in [3.8, 4) is 5.75 Å². The second kappa shape index (κ2) is 13.5. The number of hydrogen-bond donors (Lipinski definition) is 3. The van der Waals surface area contributed by atoms with E-state index in [4.69, 9.17) is 16.3 Å². The Morgan fingerprint density at radius 3 is 2.73 bits per heavy atom. The van der Waals surface area contributed by atoms with Gasteiger partial charge in [-0.3, -0.25) is 9.59 Å². The lowest BCUT2D eigenvalue weighted by atomic mass is 10.1. The number of amides is 4. The van der Waals surface area contributed by atoms with Crippen LogP contribution in [0.3, 0.4) is 0 Å². The summed E-state index contributed by atoms with van der Waals surface area (Å²) in [4.78, 5) is 42.4. The molecule has 14 heteroatoms. The number of carbonyl (C=O) groups excluding carboxylic acids is 3. The zero-order chi connectivity index (χ0) is 28.7. The zero-order valence-electron chi connectivity index (χ0n) is 22.0. The molecule has 2 fully saturated rings. The van der Waals surface area contributed by atoms with Crippen molar-refractivity contribution in [3.63, 3.8) is 0 Å². The monoisotopic (exact) mass is 609 g/mol. The minimum Gasteiger partial charge on any atom is -0.497 e. The molecule has 11 nitrogen and oxygen atoms in total. The van der Waals surface area contributed by atoms with E-state index in [1.807, 2.05) is 0 Å². The summed E-state index contributed by atoms with van der Waals surface area (Å²) in [7, 11) is -2.34. The summed E-state index contributed by atoms with van der Waals surface area (Å²) in [6, 6.07) is 8.81. The Balaban J connectivity index is 1.28. The number of nitrogens with one attached hydrogen (secondary N) is 3. The van der Waals surface area contributed by atoms with Crippen LogP contribution in [0.1, 0.15) is 30.6 Å². The highest BCUT2D eigenvalue weighted by Crippen LogP contribution is 2.23. The first-order chi connectivity index (χ1) is 19.1. The number of likely N-dealkylation sites (tertiary alicyclic amines) is 2. The van der Waals surface area contributed by atoms with Gasteiger partial charge in [0.25, 0.3) is 0 Å². The first-order valence-electron chi connectivity index (χ1n) is 12.9. The lowest BCUT2D eigenvalue weighted by Gasteiger charge is -2.34. The van der Waals surface area contributed by atoms with Crippen LogP contribution in [0.5, 0.6) is 5.75 Å². The summed E-state index contributed by atoms with van der Waals surface area (Å²) in [6.45, 7) is 1.01. The standard InChI is InChI=1S/C26H32ClN5O6S2/c1-38-20-7-2-5-18(15-20)29-26(35)28-16-19-6-3-13-32(19)24(33)17-31-12-4-8-22(25(31)34)30-40(36,37)14-11-21-9-10-23(27)39-21/h2,5,7,9-11,14-15,19,22,30H,3-4,6,8,12-13,16-17H2,1H3,(H2,28,29,35)/b14-11+. The van der Waals surface area contributed by atoms with E-state index in [0.29, 0.717) is 46.6 Å². The minimum absolute atomic E-state index is 0.146. The number of nitrogens with zero attached hydrogens (tertiary/aromatic N) is 2. The van der Waals surface area contributed by atoms with Gasteiger partial charge in [-0.25, -0.2) is 13.2 Å². The summed E-state index contributed by atoms with van der Waals surface area (Å²) in [5.74, 6) is -0.0426. The molecular weight excluding hydrogens is 578 g/mol. The maximum atomic E-state index is 13.2. The van der Waals surface area contributed by atoms with Crippen LogP contribution in [0.15, 0.2) is 41.8 Å². The fourth-order valence-corrected chi connectivity index (χ4v) is 6.81. The Hall–Kier alpha value is -3.13. The number of hydrogen-bond acceptors (Lipinski definition) is 7. The lowest BCUT2D eigenvalue weighted by molar-refractivity contribution is -0.143. The summed E-state index contributed by atoms with van der Waals surface area (Å²) in [5, 5.41) is 6.57. The molecule has 3 heterocycles. The summed E-state index contributed by atoms with van der Waals surface area (Å²) in [5.41, 5.74) is 0.580. The molecule has 0 spiro atoms. The van der Waals surface area contributed by atoms with Crippen LogP contribution in [0, 0.1) is 0 Å². The maximum absolute atomic E-state index is 13.2. The normalized spacial score (nSPS) is 19.7. The molecule has 2 atom stereocenters. The van der Waals surface area contributed by atoms with Crippen molar-refractivity contribution in [2.75, 3.05) is 38.6 Å². The summed E-state index contributed by atoms with van der Waals surface area (Å²) in [6.07, 6.45) is 3.84. The van der Waals surface area contributed by atoms with Crippen LogP contribution in [0.2, 0.25) is 4.34 Å². The first kappa shape index (κ1) is 29.8. The van der Waals surface area contributed by atoms with Gasteiger partial charge in [-0.15, -0.1) is 11.3 Å². The molecular formula is C26H32ClN5O6S2. The third kappa shape index (κ3) is 8.19. The Bertz CT molecular complexity index is 1360. The molecule has 1 aromatic heterocycles. The third-order valence-corrected chi connectivity index (χ3v) is 9.00. The van der Waals surface area contributed by atoms with Crippen molar-refractivity contribution in [2.24, 2.45) is 0 Å². The highest BCUT2D eigenvalue weighted by atomic mass is 35.5. The molecule has 4 amide bonds. The molecule has 2 aliphatic heterocycles. The molecule has 2 aromatic rings. The number of sulfonamides is 1. The average Bonchev–Trinajstić information content (AvgIpc) is 3.57. The van der Waals surface area contributed by atoms with Gasteiger partial charge < -0.3 is 25.2 Å². The van der Waals surface area contributed by atoms with Gasteiger partial charge in [0.15, 0.2) is 0 Å². The number of ether oxygens (including phenoxy) is 1. The molecule has 2 aliphatic rings. The molecule has 2 unspecified atom stereocenters. The number of halogens is 1. The SMILES string of the molecule is COc1cccc(NC(=O)NCC2CCCN2C(=O)CN2CCCC(NS(=O)(=O)/C=C/c3ccc(Cl)s3)C2=O)c1. The van der Waals surface area contributed by atoms with Crippen LogP contribution < -0.4 is 20.1 Å². The molecule has 0 radical (unpaired) electrons. The van der Waals surface area contributed by atoms with Crippen LogP contribution >= 0.6 is 22.9 Å². The van der Waals surface area contributed by atoms with E-state index >= 15 is 0 Å². The van der Waals surface area contributed by atoms with Crippen molar-refractivity contribution in [2.45, 2.75) is 37.8 Å². The van der Waals surface area contributed by atoms with Crippen LogP contribution in [-0.2, 0) is 19.6 Å². The van der Waals surface area contributed by atoms with E-state index in [1.165, 1.54) is 22.3 Å². The largest absolute Gasteiger partial charge is 0.497 e. The number of methoxy groups -OCH3 is 1. The van der Waals surface area contributed by atoms with Gasteiger partial charge in [0.2, 0.25) is 21.8 Å². The van der Waals surface area contributed by atoms with Gasteiger partial charge in [-0.1, -0.05) is 17.7 Å². The van der Waals surface area contributed by atoms with Crippen molar-refractivity contribution in [1.29, 1.82) is 0 Å². The van der Waals surface area contributed by atoms with Crippen molar-refractivity contribution < 1.29 is 27.5 Å². The number of thiophene rings is 1. The fraction of sp³-hybridized carbons (Fsp3) is 0.423. The molecule has 40 heavy (non-hydrogen) atoms. The van der Waals surface area contributed by atoms with Gasteiger partial charge in [0.1, 0.15) is 11.8 Å². The van der Waals surface area contributed by atoms with Crippen LogP contribution in [0.4, 0.5) is 10.5 Å². The molecule has 0 saturated carbocycles. The first-order valence-corrected chi connectivity index (χ1v) is 15.6. The fourth-order valence-electron chi connectivity index (χ4n) is 4.74. The number of carbonyl (C=O) groups is 3. The van der Waals surface area contributed by atoms with Gasteiger partial charge in [0.05, 0.1) is 18.0 Å². The molecule has 216 valence electrons. The Kier molecular flexibility index (Phi) is 10.1. The number of rotatable bonds is 10. The van der Waals surface area contributed by atoms with Gasteiger partial charge in [-0.05, 0) is 56.0 Å². The molecule has 0 bridgehead atoms. The minimum atomic E-state index is -3.88. The summed E-state index contributed by atoms with van der Waals surface area (Å²) < 4.78 is 33.3. The highest BCUT2D eigenvalue weighted by Gasteiger charge is 2.35. The number of anilines is 1. The van der Waals surface area contributed by atoms with Gasteiger partial charge >= 0.3 is 6.03 Å². The molecule has 3 N–H and O–H groups in total. The van der Waals surface area contributed by atoms with Crippen LogP contribution in [-0.4, -0.2) is 81.4 Å². The number of urea groups is 1. The van der Waals surface area contributed by atoms with E-state index in [-0.39, 0.29) is 25.0 Å². The summed E-state index contributed by atoms with van der Waals surface area (Å²) >= 11 is 7.12. The van der Waals surface area contributed by atoms with E-state index in [9.17, 15) is 22.8 Å². The molecule has 0 aliphatic carbocycles. The average molecular weight is 610 g/mol. The highest BCUT2D eigenvalue weighted by molar-refractivity contribution is 7.92. The predicted octanol–water partition coefficient (Wildman–Crippen LogP) is 3.10. The predicted molar refractivity (Wildman–Crippen MR) is 155 cm³/mol. The Morgan fingerprint density at radius 2 is 1.98 bits per heavy atom. The van der Waals surface area contributed by atoms with E-state index < -0.39 is 28.0 Å². The zero-order valence-corrected chi connectivity index (χ0v) is 24.4. The van der Waals surface area contributed by atoms with E-state index in [1.54, 1.807) is 48.4 Å². The second-order valence-corrected chi connectivity index (χ2v) is 12.9. The third-order valence-electron chi connectivity index (χ3n) is 6.69. The van der Waals surface area contributed by atoms with Gasteiger partial charge in [0, 0.05) is 47.7 Å². The van der Waals surface area contributed by atoms with Crippen molar-refractivity contribution in [1.82, 2.24) is 19.8 Å². The number of piperidine rings is 1. The Labute approximate surface area is 242 Å². The molecule has 4 rings (SSSR count). The number of benzene rings is 1. The van der Waals surface area contributed by atoms with Crippen molar-refractivity contribution in [3.05, 3.63) is 51.0 Å². The van der Waals surface area contributed by atoms with E-state index in [2.05, 4.69) is 15.4 Å². The molecule has 1 aromatic carbocycles. The molecule has 2 saturated heterocycles. The lowest BCUT2D eigenvalue weighted by Crippen LogP contribution is -2.55. The van der Waals surface area contributed by atoms with Gasteiger partial charge in [-0.2, -0.15) is 4.72 Å². The second-order valence-electron chi connectivity index (χ2n) is 9.51. The van der Waals surface area contributed by atoms with E-state index in [0.717, 1.165) is 18.2 Å². The topological polar surface area (TPSA) is 137 Å². The quantitative estimate of drug-likeness (QED) is 0.379. The van der Waals surface area contributed by atoms with Crippen molar-refractivity contribution >= 4 is 62.6 Å². The Morgan fingerprint density at radius 1 is 1.18 bits per heavy atom. The maximum Gasteiger partial charge on any atom is 0.319 e. The smallest absolute Gasteiger partial charge is 0.319 e.